The summed E-state index contributed by atoms with van der Waals surface area (Å²) in [5.74, 6) is -0.347. The molecule has 1 aliphatic rings. The van der Waals surface area contributed by atoms with Crippen molar-refractivity contribution in [1.82, 2.24) is 5.32 Å². The summed E-state index contributed by atoms with van der Waals surface area (Å²) < 4.78 is 6.71. The zero-order valence-electron chi connectivity index (χ0n) is 19.5. The van der Waals surface area contributed by atoms with Gasteiger partial charge in [-0.15, -0.1) is 5.10 Å². The molecule has 2 N–H and O–H groups in total. The summed E-state index contributed by atoms with van der Waals surface area (Å²) in [6, 6.07) is 18.3. The standard InChI is InChI=1S/C25H19BrClN5O5S/c26-17-5-7-18(8-6-17)29-23(33)12-22-24(34)30-25(38-22)31-28-13-16-11-19(32(35)36)9-10-21(16)37-14-15-3-1-2-4-20(15)27/h1-11,13,22H,12,14H2,(H,29,33)(H,30,31,34)/b28-13-/t22-/m1/s1. The van der Waals surface area contributed by atoms with Gasteiger partial charge in [-0.25, -0.2) is 0 Å². The fourth-order valence-corrected chi connectivity index (χ4v) is 4.67. The smallest absolute Gasteiger partial charge is 0.270 e. The van der Waals surface area contributed by atoms with Crippen LogP contribution in [0.2, 0.25) is 5.02 Å². The molecule has 2 amide bonds. The molecule has 0 bridgehead atoms. The lowest BCUT2D eigenvalue weighted by Gasteiger charge is -2.10. The van der Waals surface area contributed by atoms with E-state index in [1.807, 2.05) is 12.1 Å². The Bertz CT molecular complexity index is 1430. The second-order valence-corrected chi connectivity index (χ2v) is 10.4. The van der Waals surface area contributed by atoms with Gasteiger partial charge in [0, 0.05) is 44.9 Å². The second-order valence-electron chi connectivity index (χ2n) is 7.86. The fourth-order valence-electron chi connectivity index (χ4n) is 3.30. The molecule has 0 aromatic heterocycles. The van der Waals surface area contributed by atoms with Crippen LogP contribution in [0.4, 0.5) is 11.4 Å². The summed E-state index contributed by atoms with van der Waals surface area (Å²) in [5.41, 5.74) is 1.53. The van der Waals surface area contributed by atoms with Gasteiger partial charge in [-0.05, 0) is 36.4 Å². The first-order valence-electron chi connectivity index (χ1n) is 11.1. The molecule has 0 saturated carbocycles. The Balaban J connectivity index is 1.41. The number of nitro groups is 1. The van der Waals surface area contributed by atoms with Crippen molar-refractivity contribution < 1.29 is 19.2 Å². The molecular formula is C25H19BrClN5O5S. The first-order chi connectivity index (χ1) is 18.3. The van der Waals surface area contributed by atoms with E-state index in [1.54, 1.807) is 36.4 Å². The molecule has 3 aromatic carbocycles. The van der Waals surface area contributed by atoms with Crippen molar-refractivity contribution >= 4 is 73.9 Å². The number of nitro benzene ring substituents is 1. The zero-order chi connectivity index (χ0) is 27.1. The van der Waals surface area contributed by atoms with Crippen LogP contribution in [0.5, 0.6) is 5.75 Å². The number of nitrogens with zero attached hydrogens (tertiary/aromatic N) is 3. The summed E-state index contributed by atoms with van der Waals surface area (Å²) in [6.07, 6.45) is 1.24. The molecule has 0 spiro atoms. The van der Waals surface area contributed by atoms with Crippen molar-refractivity contribution in [2.24, 2.45) is 10.2 Å². The maximum absolute atomic E-state index is 12.4. The molecule has 1 heterocycles. The molecule has 3 aromatic rings. The van der Waals surface area contributed by atoms with Gasteiger partial charge in [0.2, 0.25) is 11.8 Å². The highest BCUT2D eigenvalue weighted by Gasteiger charge is 2.32. The Labute approximate surface area is 234 Å². The molecule has 1 saturated heterocycles. The van der Waals surface area contributed by atoms with E-state index in [4.69, 9.17) is 16.3 Å². The van der Waals surface area contributed by atoms with Gasteiger partial charge >= 0.3 is 0 Å². The number of rotatable bonds is 9. The third-order valence-corrected chi connectivity index (χ3v) is 7.14. The Kier molecular flexibility index (Phi) is 9.10. The van der Waals surface area contributed by atoms with Crippen LogP contribution in [0, 0.1) is 10.1 Å². The average molecular weight is 617 g/mol. The molecule has 38 heavy (non-hydrogen) atoms. The monoisotopic (exact) mass is 615 g/mol. The van der Waals surface area contributed by atoms with Crippen LogP contribution < -0.4 is 15.4 Å². The fraction of sp³-hybridized carbons (Fsp3) is 0.120. The number of thioether (sulfide) groups is 1. The Morgan fingerprint density at radius 3 is 2.71 bits per heavy atom. The van der Waals surface area contributed by atoms with E-state index in [2.05, 4.69) is 36.8 Å². The molecule has 194 valence electrons. The number of anilines is 1. The maximum atomic E-state index is 12.4. The largest absolute Gasteiger partial charge is 0.488 e. The van der Waals surface area contributed by atoms with Crippen molar-refractivity contribution in [3.63, 3.8) is 0 Å². The normalized spacial score (nSPS) is 16.0. The van der Waals surface area contributed by atoms with Crippen LogP contribution in [0.25, 0.3) is 0 Å². The molecule has 13 heteroatoms. The van der Waals surface area contributed by atoms with Crippen LogP contribution in [0.15, 0.2) is 81.4 Å². The van der Waals surface area contributed by atoms with Gasteiger partial charge in [-0.2, -0.15) is 5.10 Å². The zero-order valence-corrected chi connectivity index (χ0v) is 22.6. The lowest BCUT2D eigenvalue weighted by Crippen LogP contribution is -2.28. The number of non-ortho nitro benzene ring substituents is 1. The third-order valence-electron chi connectivity index (χ3n) is 5.17. The number of amides is 2. The van der Waals surface area contributed by atoms with Gasteiger partial charge in [-0.1, -0.05) is 57.5 Å². The SMILES string of the molecule is O=C(C[C@H]1S/C(=N\N=C/c2cc([N+](=O)[O-])ccc2OCc2ccccc2Cl)NC1=O)Nc1ccc(Br)cc1. The van der Waals surface area contributed by atoms with Crippen LogP contribution in [-0.2, 0) is 16.2 Å². The number of ether oxygens (including phenoxy) is 1. The van der Waals surface area contributed by atoms with Crippen molar-refractivity contribution in [2.45, 2.75) is 18.3 Å². The van der Waals surface area contributed by atoms with Crippen LogP contribution >= 0.6 is 39.3 Å². The number of benzene rings is 3. The van der Waals surface area contributed by atoms with E-state index >= 15 is 0 Å². The summed E-state index contributed by atoms with van der Waals surface area (Å²) in [5, 5.41) is 24.6. The number of hydrogen-bond acceptors (Lipinski definition) is 8. The predicted octanol–water partition coefficient (Wildman–Crippen LogP) is 5.54. The summed E-state index contributed by atoms with van der Waals surface area (Å²) in [4.78, 5) is 35.4. The second kappa shape index (κ2) is 12.7. The van der Waals surface area contributed by atoms with Crippen LogP contribution in [0.1, 0.15) is 17.5 Å². The molecule has 0 unspecified atom stereocenters. The number of carbonyl (C=O) groups excluding carboxylic acids is 2. The van der Waals surface area contributed by atoms with E-state index in [9.17, 15) is 19.7 Å². The van der Waals surface area contributed by atoms with Gasteiger partial charge in [0.05, 0.1) is 11.1 Å². The molecule has 1 atom stereocenters. The van der Waals surface area contributed by atoms with E-state index in [-0.39, 0.29) is 35.7 Å². The van der Waals surface area contributed by atoms with Gasteiger partial charge < -0.3 is 15.4 Å². The lowest BCUT2D eigenvalue weighted by molar-refractivity contribution is -0.384. The molecule has 1 fully saturated rings. The topological polar surface area (TPSA) is 135 Å². The Morgan fingerprint density at radius 2 is 1.97 bits per heavy atom. The van der Waals surface area contributed by atoms with Crippen molar-refractivity contribution in [3.8, 4) is 5.75 Å². The Hall–Kier alpha value is -3.74. The molecule has 10 nitrogen and oxygen atoms in total. The third kappa shape index (κ3) is 7.40. The van der Waals surface area contributed by atoms with Crippen LogP contribution in [0.3, 0.4) is 0 Å². The summed E-state index contributed by atoms with van der Waals surface area (Å²) in [7, 11) is 0. The van der Waals surface area contributed by atoms with E-state index in [1.165, 1.54) is 24.4 Å². The highest BCUT2D eigenvalue weighted by atomic mass is 79.9. The summed E-state index contributed by atoms with van der Waals surface area (Å²) in [6.45, 7) is 0.142. The van der Waals surface area contributed by atoms with Crippen molar-refractivity contribution in [1.29, 1.82) is 0 Å². The minimum absolute atomic E-state index is 0.0553. The van der Waals surface area contributed by atoms with Gasteiger partial charge in [0.1, 0.15) is 17.6 Å². The first-order valence-corrected chi connectivity index (χ1v) is 13.1. The van der Waals surface area contributed by atoms with Gasteiger partial charge in [-0.3, -0.25) is 19.7 Å². The maximum Gasteiger partial charge on any atom is 0.270 e. The predicted molar refractivity (Wildman–Crippen MR) is 151 cm³/mol. The van der Waals surface area contributed by atoms with E-state index in [0.29, 0.717) is 22.0 Å². The molecule has 0 aliphatic carbocycles. The van der Waals surface area contributed by atoms with Gasteiger partial charge in [0.25, 0.3) is 5.69 Å². The summed E-state index contributed by atoms with van der Waals surface area (Å²) >= 11 is 10.6. The minimum Gasteiger partial charge on any atom is -0.488 e. The number of nitrogens with one attached hydrogen (secondary N) is 2. The minimum atomic E-state index is -0.674. The average Bonchev–Trinajstić information content (AvgIpc) is 3.23. The highest BCUT2D eigenvalue weighted by molar-refractivity contribution is 9.10. The molecular weight excluding hydrogens is 598 g/mol. The van der Waals surface area contributed by atoms with Crippen LogP contribution in [-0.4, -0.2) is 33.4 Å². The molecule has 1 aliphatic heterocycles. The number of amidine groups is 1. The Morgan fingerprint density at radius 1 is 1.21 bits per heavy atom. The molecule has 4 rings (SSSR count). The van der Waals surface area contributed by atoms with Crippen molar-refractivity contribution in [2.75, 3.05) is 5.32 Å². The van der Waals surface area contributed by atoms with E-state index < -0.39 is 10.2 Å². The van der Waals surface area contributed by atoms with E-state index in [0.717, 1.165) is 21.8 Å². The lowest BCUT2D eigenvalue weighted by atomic mass is 10.2. The van der Waals surface area contributed by atoms with Crippen molar-refractivity contribution in [3.05, 3.63) is 97.5 Å². The number of hydrogen-bond donors (Lipinski definition) is 2. The first kappa shape index (κ1) is 27.3. The number of halogens is 2. The quantitative estimate of drug-likeness (QED) is 0.184. The molecule has 0 radical (unpaired) electrons. The number of carbonyl (C=O) groups is 2. The highest BCUT2D eigenvalue weighted by Crippen LogP contribution is 2.26. The van der Waals surface area contributed by atoms with Gasteiger partial charge in [0.15, 0.2) is 5.17 Å².